The van der Waals surface area contributed by atoms with Crippen molar-refractivity contribution >= 4 is 17.3 Å². The number of anilines is 1. The fraction of sp³-hybridized carbons (Fsp3) is 0.538. The summed E-state index contributed by atoms with van der Waals surface area (Å²) < 4.78 is 6.60. The Kier molecular flexibility index (Phi) is 4.61. The molecule has 104 valence electrons. The van der Waals surface area contributed by atoms with Crippen molar-refractivity contribution in [2.75, 3.05) is 12.4 Å². The number of nitrogens with one attached hydrogen (secondary N) is 1. The molecule has 1 aromatic rings. The van der Waals surface area contributed by atoms with Crippen LogP contribution in [0.1, 0.15) is 19.3 Å². The van der Waals surface area contributed by atoms with E-state index >= 15 is 0 Å². The van der Waals surface area contributed by atoms with Crippen molar-refractivity contribution in [1.82, 2.24) is 9.78 Å². The average Bonchev–Trinajstić information content (AvgIpc) is 2.86. The first-order valence-corrected chi connectivity index (χ1v) is 6.69. The lowest BCUT2D eigenvalue weighted by Crippen LogP contribution is -2.25. The molecule has 6 heteroatoms. The number of methoxy groups -OCH3 is 1. The number of aromatic nitrogens is 2. The molecular formula is C13H18ClN3O2. The highest BCUT2D eigenvalue weighted by Gasteiger charge is 2.25. The van der Waals surface area contributed by atoms with Crippen LogP contribution in [0.15, 0.2) is 23.6 Å². The summed E-state index contributed by atoms with van der Waals surface area (Å²) in [7, 11) is 1.72. The predicted octanol–water partition coefficient (Wildman–Crippen LogP) is 2.06. The van der Waals surface area contributed by atoms with Crippen LogP contribution in [0, 0.1) is 0 Å². The van der Waals surface area contributed by atoms with Crippen LogP contribution in [0.3, 0.4) is 0 Å². The Hall–Kier alpha value is -1.33. The lowest BCUT2D eigenvalue weighted by molar-refractivity contribution is 0.108. The number of hydrogen-bond donors (Lipinski definition) is 1. The zero-order valence-electron chi connectivity index (χ0n) is 10.9. The van der Waals surface area contributed by atoms with Crippen LogP contribution in [-0.2, 0) is 11.3 Å². The third-order valence-corrected chi connectivity index (χ3v) is 3.73. The summed E-state index contributed by atoms with van der Waals surface area (Å²) in [6.45, 7) is 3.93. The number of halogens is 1. The number of rotatable bonds is 5. The van der Waals surface area contributed by atoms with Crippen LogP contribution < -0.4 is 10.9 Å². The topological polar surface area (TPSA) is 56.1 Å². The molecule has 0 bridgehead atoms. The van der Waals surface area contributed by atoms with E-state index < -0.39 is 0 Å². The van der Waals surface area contributed by atoms with Crippen LogP contribution in [0.5, 0.6) is 0 Å². The van der Waals surface area contributed by atoms with Crippen molar-refractivity contribution in [3.05, 3.63) is 34.2 Å². The van der Waals surface area contributed by atoms with Crippen molar-refractivity contribution in [3.63, 3.8) is 0 Å². The van der Waals surface area contributed by atoms with Crippen LogP contribution >= 0.6 is 11.6 Å². The molecule has 1 saturated carbocycles. The lowest BCUT2D eigenvalue weighted by Gasteiger charge is -2.15. The van der Waals surface area contributed by atoms with Crippen LogP contribution in [-0.4, -0.2) is 29.0 Å². The minimum Gasteiger partial charge on any atom is -0.381 e. The van der Waals surface area contributed by atoms with E-state index in [1.807, 2.05) is 0 Å². The van der Waals surface area contributed by atoms with Gasteiger partial charge in [-0.15, -0.1) is 6.58 Å². The Bertz CT molecular complexity index is 515. The second-order valence-corrected chi connectivity index (χ2v) is 5.04. The van der Waals surface area contributed by atoms with Crippen LogP contribution in [0.4, 0.5) is 5.69 Å². The van der Waals surface area contributed by atoms with E-state index in [9.17, 15) is 4.79 Å². The van der Waals surface area contributed by atoms with E-state index in [1.165, 1.54) is 4.68 Å². The van der Waals surface area contributed by atoms with E-state index in [0.29, 0.717) is 12.2 Å². The van der Waals surface area contributed by atoms with Gasteiger partial charge in [-0.3, -0.25) is 4.79 Å². The van der Waals surface area contributed by atoms with E-state index in [2.05, 4.69) is 17.0 Å². The van der Waals surface area contributed by atoms with Crippen molar-refractivity contribution in [2.24, 2.45) is 0 Å². The normalized spacial score (nSPS) is 22.4. The molecule has 0 radical (unpaired) electrons. The van der Waals surface area contributed by atoms with Gasteiger partial charge in [0.1, 0.15) is 5.02 Å². The predicted molar refractivity (Wildman–Crippen MR) is 75.8 cm³/mol. The van der Waals surface area contributed by atoms with Gasteiger partial charge in [0.15, 0.2) is 0 Å². The summed E-state index contributed by atoms with van der Waals surface area (Å²) in [5.41, 5.74) is 0.293. The van der Waals surface area contributed by atoms with Crippen molar-refractivity contribution < 1.29 is 4.74 Å². The van der Waals surface area contributed by atoms with Crippen molar-refractivity contribution in [3.8, 4) is 0 Å². The van der Waals surface area contributed by atoms with Crippen LogP contribution in [0.25, 0.3) is 0 Å². The van der Waals surface area contributed by atoms with Gasteiger partial charge < -0.3 is 10.1 Å². The summed E-state index contributed by atoms with van der Waals surface area (Å²) >= 11 is 6.08. The maximum absolute atomic E-state index is 11.9. The van der Waals surface area contributed by atoms with E-state index in [0.717, 1.165) is 19.3 Å². The van der Waals surface area contributed by atoms with Gasteiger partial charge >= 0.3 is 0 Å². The second kappa shape index (κ2) is 6.21. The summed E-state index contributed by atoms with van der Waals surface area (Å²) in [6, 6.07) is 0.277. The third-order valence-electron chi connectivity index (χ3n) is 3.36. The molecule has 1 N–H and O–H groups in total. The Morgan fingerprint density at radius 2 is 2.47 bits per heavy atom. The monoisotopic (exact) mass is 283 g/mol. The largest absolute Gasteiger partial charge is 0.381 e. The van der Waals surface area contributed by atoms with E-state index in [1.54, 1.807) is 19.4 Å². The lowest BCUT2D eigenvalue weighted by atomic mass is 10.2. The van der Waals surface area contributed by atoms with Crippen LogP contribution in [0.2, 0.25) is 5.02 Å². The molecule has 0 aliphatic heterocycles. The number of allylic oxidation sites excluding steroid dienone is 1. The molecule has 1 aliphatic rings. The molecule has 1 fully saturated rings. The molecule has 0 amide bonds. The van der Waals surface area contributed by atoms with Gasteiger partial charge in [0.2, 0.25) is 0 Å². The minimum atomic E-state index is -0.298. The standard InChI is InChI=1S/C13H18ClN3O2/c1-3-6-17-13(18)12(14)11(8-15-17)16-9-4-5-10(7-9)19-2/h3,8-10,16H,1,4-7H2,2H3. The van der Waals surface area contributed by atoms with Gasteiger partial charge in [-0.05, 0) is 19.3 Å². The zero-order valence-corrected chi connectivity index (χ0v) is 11.7. The number of ether oxygens (including phenoxy) is 1. The Morgan fingerprint density at radius 1 is 1.68 bits per heavy atom. The third kappa shape index (κ3) is 3.16. The molecule has 2 atom stereocenters. The first-order chi connectivity index (χ1) is 9.15. The molecule has 2 rings (SSSR count). The van der Waals surface area contributed by atoms with Gasteiger partial charge in [0.25, 0.3) is 5.56 Å². The Labute approximate surface area is 117 Å². The zero-order chi connectivity index (χ0) is 13.8. The molecule has 0 aromatic carbocycles. The highest BCUT2D eigenvalue weighted by molar-refractivity contribution is 6.32. The number of hydrogen-bond acceptors (Lipinski definition) is 4. The minimum absolute atomic E-state index is 0.178. The summed E-state index contributed by atoms with van der Waals surface area (Å²) in [4.78, 5) is 11.9. The Balaban J connectivity index is 2.11. The SMILES string of the molecule is C=CCn1ncc(NC2CCC(OC)C2)c(Cl)c1=O. The van der Waals surface area contributed by atoms with Gasteiger partial charge in [-0.1, -0.05) is 17.7 Å². The maximum atomic E-state index is 11.9. The second-order valence-electron chi connectivity index (χ2n) is 4.66. The first-order valence-electron chi connectivity index (χ1n) is 6.31. The van der Waals surface area contributed by atoms with Crippen molar-refractivity contribution in [2.45, 2.75) is 38.0 Å². The van der Waals surface area contributed by atoms with Gasteiger partial charge in [0, 0.05) is 13.2 Å². The average molecular weight is 284 g/mol. The quantitative estimate of drug-likeness (QED) is 0.841. The first kappa shape index (κ1) is 14.1. The highest BCUT2D eigenvalue weighted by atomic mass is 35.5. The van der Waals surface area contributed by atoms with Crippen molar-refractivity contribution in [1.29, 1.82) is 0 Å². The van der Waals surface area contributed by atoms with Gasteiger partial charge in [-0.2, -0.15) is 5.10 Å². The smallest absolute Gasteiger partial charge is 0.287 e. The molecule has 19 heavy (non-hydrogen) atoms. The molecule has 1 heterocycles. The number of nitrogens with zero attached hydrogens (tertiary/aromatic N) is 2. The molecule has 2 unspecified atom stereocenters. The maximum Gasteiger partial charge on any atom is 0.287 e. The molecule has 1 aromatic heterocycles. The molecular weight excluding hydrogens is 266 g/mol. The van der Waals surface area contributed by atoms with E-state index in [-0.39, 0.29) is 22.7 Å². The molecule has 0 saturated heterocycles. The van der Waals surface area contributed by atoms with Gasteiger partial charge in [0.05, 0.1) is 24.5 Å². The van der Waals surface area contributed by atoms with Gasteiger partial charge in [-0.25, -0.2) is 4.68 Å². The summed E-state index contributed by atoms with van der Waals surface area (Å²) in [5, 5.41) is 7.51. The summed E-state index contributed by atoms with van der Waals surface area (Å²) in [6.07, 6.45) is 6.43. The fourth-order valence-electron chi connectivity index (χ4n) is 2.32. The molecule has 5 nitrogen and oxygen atoms in total. The van der Waals surface area contributed by atoms with E-state index in [4.69, 9.17) is 16.3 Å². The molecule has 0 spiro atoms. The fourth-order valence-corrected chi connectivity index (χ4v) is 2.52. The Morgan fingerprint density at radius 3 is 3.11 bits per heavy atom. The molecule has 1 aliphatic carbocycles. The summed E-state index contributed by atoms with van der Waals surface area (Å²) in [5.74, 6) is 0. The highest BCUT2D eigenvalue weighted by Crippen LogP contribution is 2.26.